The molecule has 2 fully saturated rings. The first kappa shape index (κ1) is 23.5. The lowest BCUT2D eigenvalue weighted by Gasteiger charge is -2.24. The maximum Gasteiger partial charge on any atom is 0.321 e. The van der Waals surface area contributed by atoms with Crippen molar-refractivity contribution < 1.29 is 18.0 Å². The minimum absolute atomic E-state index is 0.0466. The molecule has 2 aromatic heterocycles. The Labute approximate surface area is 202 Å². The van der Waals surface area contributed by atoms with Crippen LogP contribution in [0.25, 0.3) is 22.2 Å². The summed E-state index contributed by atoms with van der Waals surface area (Å²) in [6.07, 6.45) is 3.06. The maximum absolute atomic E-state index is 14.9. The second kappa shape index (κ2) is 8.46. The number of aromatic nitrogens is 3. The molecule has 1 unspecified atom stereocenters. The number of likely N-dealkylation sites (tertiary alicyclic amines) is 1. The molecule has 1 aliphatic heterocycles. The average Bonchev–Trinajstić information content (AvgIpc) is 3.36. The van der Waals surface area contributed by atoms with Gasteiger partial charge >= 0.3 is 6.03 Å². The van der Waals surface area contributed by atoms with Gasteiger partial charge in [-0.2, -0.15) is 0 Å². The Morgan fingerprint density at radius 1 is 1.11 bits per heavy atom. The highest BCUT2D eigenvalue weighted by atomic mass is 19.3. The first-order chi connectivity index (χ1) is 16.6. The van der Waals surface area contributed by atoms with Crippen LogP contribution in [-0.4, -0.2) is 44.9 Å². The zero-order valence-electron chi connectivity index (χ0n) is 20.1. The van der Waals surface area contributed by atoms with E-state index in [9.17, 15) is 18.0 Å². The summed E-state index contributed by atoms with van der Waals surface area (Å²) in [4.78, 5) is 27.9. The van der Waals surface area contributed by atoms with E-state index in [2.05, 4.69) is 20.3 Å². The molecule has 2 aliphatic rings. The van der Waals surface area contributed by atoms with Gasteiger partial charge in [-0.15, -0.1) is 0 Å². The summed E-state index contributed by atoms with van der Waals surface area (Å²) >= 11 is 0. The molecule has 9 heteroatoms. The Balaban J connectivity index is 1.41. The van der Waals surface area contributed by atoms with Gasteiger partial charge in [-0.3, -0.25) is 0 Å². The summed E-state index contributed by atoms with van der Waals surface area (Å²) in [5.41, 5.74) is 3.08. The third-order valence-corrected chi connectivity index (χ3v) is 7.35. The number of hydrogen-bond acceptors (Lipinski definition) is 4. The Morgan fingerprint density at radius 2 is 1.91 bits per heavy atom. The van der Waals surface area contributed by atoms with E-state index in [1.165, 1.54) is 11.0 Å². The molecule has 6 nitrogen and oxygen atoms in total. The van der Waals surface area contributed by atoms with Crippen molar-refractivity contribution in [1.29, 1.82) is 0 Å². The average molecular weight is 484 g/mol. The summed E-state index contributed by atoms with van der Waals surface area (Å²) in [5.74, 6) is -2.51. The minimum Gasteiger partial charge on any atom is -0.324 e. The third-order valence-electron chi connectivity index (χ3n) is 7.35. The molecule has 184 valence electrons. The monoisotopic (exact) mass is 483 g/mol. The Hall–Kier alpha value is -3.23. The van der Waals surface area contributed by atoms with Gasteiger partial charge in [0.15, 0.2) is 5.65 Å². The molecule has 3 heterocycles. The molecule has 1 aromatic carbocycles. The number of urea groups is 1. The third kappa shape index (κ3) is 4.44. The number of carbonyl (C=O) groups excluding carboxylic acids is 1. The van der Waals surface area contributed by atoms with Crippen LogP contribution in [0, 0.1) is 25.1 Å². The molecule has 0 radical (unpaired) electrons. The van der Waals surface area contributed by atoms with Crippen molar-refractivity contribution in [3.05, 3.63) is 47.3 Å². The van der Waals surface area contributed by atoms with Crippen molar-refractivity contribution in [3.8, 4) is 11.1 Å². The van der Waals surface area contributed by atoms with Crippen LogP contribution in [0.1, 0.15) is 49.7 Å². The van der Waals surface area contributed by atoms with Crippen molar-refractivity contribution in [3.63, 3.8) is 0 Å². The number of benzene rings is 1. The largest absolute Gasteiger partial charge is 0.324 e. The summed E-state index contributed by atoms with van der Waals surface area (Å²) in [5, 5.41) is 3.44. The number of pyridine rings is 1. The zero-order chi connectivity index (χ0) is 25.0. The van der Waals surface area contributed by atoms with Crippen LogP contribution >= 0.6 is 0 Å². The van der Waals surface area contributed by atoms with Crippen LogP contribution in [0.2, 0.25) is 0 Å². The fourth-order valence-corrected chi connectivity index (χ4v) is 5.41. The number of alkyl halides is 2. The van der Waals surface area contributed by atoms with Crippen LogP contribution in [-0.2, 0) is 6.42 Å². The van der Waals surface area contributed by atoms with E-state index in [0.29, 0.717) is 42.8 Å². The maximum atomic E-state index is 14.9. The highest BCUT2D eigenvalue weighted by molar-refractivity contribution is 5.91. The van der Waals surface area contributed by atoms with Gasteiger partial charge in [0.1, 0.15) is 11.6 Å². The first-order valence-corrected chi connectivity index (χ1v) is 12.0. The molecule has 1 N–H and O–H groups in total. The van der Waals surface area contributed by atoms with Gasteiger partial charge in [0, 0.05) is 55.2 Å². The number of fused-ring (bicyclic) bond motifs is 1. The lowest BCUT2D eigenvalue weighted by molar-refractivity contribution is -0.00270. The molecule has 1 aliphatic carbocycles. The highest BCUT2D eigenvalue weighted by Gasteiger charge is 2.52. The number of carbonyl (C=O) groups is 1. The lowest BCUT2D eigenvalue weighted by Crippen LogP contribution is -2.35. The zero-order valence-corrected chi connectivity index (χ0v) is 20.1. The second-order valence-electron chi connectivity index (χ2n) is 9.96. The molecule has 1 saturated carbocycles. The van der Waals surface area contributed by atoms with E-state index in [0.717, 1.165) is 22.2 Å². The highest BCUT2D eigenvalue weighted by Crippen LogP contribution is 2.52. The fraction of sp³-hybridized carbons (Fsp3) is 0.462. The van der Waals surface area contributed by atoms with Crippen LogP contribution < -0.4 is 5.32 Å². The predicted molar refractivity (Wildman–Crippen MR) is 128 cm³/mol. The molecule has 3 aromatic rings. The Morgan fingerprint density at radius 3 is 2.63 bits per heavy atom. The number of halogens is 3. The number of nitrogens with one attached hydrogen (secondary N) is 1. The lowest BCUT2D eigenvalue weighted by atomic mass is 9.85. The number of rotatable bonds is 3. The van der Waals surface area contributed by atoms with Crippen LogP contribution in [0.5, 0.6) is 0 Å². The van der Waals surface area contributed by atoms with Crippen molar-refractivity contribution in [2.45, 2.75) is 58.8 Å². The number of amides is 2. The second-order valence-corrected chi connectivity index (χ2v) is 9.96. The van der Waals surface area contributed by atoms with E-state index in [1.807, 2.05) is 19.9 Å². The molecule has 35 heavy (non-hydrogen) atoms. The topological polar surface area (TPSA) is 71.0 Å². The van der Waals surface area contributed by atoms with Gasteiger partial charge in [0.25, 0.3) is 0 Å². The minimum atomic E-state index is -2.67. The van der Waals surface area contributed by atoms with E-state index < -0.39 is 23.2 Å². The van der Waals surface area contributed by atoms with E-state index >= 15 is 0 Å². The van der Waals surface area contributed by atoms with Gasteiger partial charge in [-0.25, -0.2) is 32.9 Å². The molecule has 1 atom stereocenters. The van der Waals surface area contributed by atoms with Gasteiger partial charge in [-0.1, -0.05) is 6.92 Å². The van der Waals surface area contributed by atoms with Crippen LogP contribution in [0.4, 0.5) is 23.7 Å². The van der Waals surface area contributed by atoms with Crippen LogP contribution in [0.3, 0.4) is 0 Å². The normalized spacial score (nSPS) is 21.3. The summed E-state index contributed by atoms with van der Waals surface area (Å²) in [6, 6.07) is 4.44. The molecular formula is C26H28F3N5O. The molecule has 0 bridgehead atoms. The molecule has 5 rings (SSSR count). The summed E-state index contributed by atoms with van der Waals surface area (Å²) in [7, 11) is 0. The number of nitrogens with zero attached hydrogens (tertiary/aromatic N) is 4. The SMILES string of the molecule is CCc1ncc2cc(-c3cc(NC(=O)N4CCC5(CCC(F)(F)C5)C4)c(F)cc3C)c(C)nc2n1. The number of hydrogen-bond donors (Lipinski definition) is 1. The molecule has 1 spiro atoms. The summed E-state index contributed by atoms with van der Waals surface area (Å²) in [6.45, 7) is 6.29. The van der Waals surface area contributed by atoms with Crippen molar-refractivity contribution in [2.75, 3.05) is 18.4 Å². The van der Waals surface area contributed by atoms with Gasteiger partial charge in [0.2, 0.25) is 5.92 Å². The Kier molecular flexibility index (Phi) is 5.68. The molecule has 1 saturated heterocycles. The van der Waals surface area contributed by atoms with Gasteiger partial charge in [0.05, 0.1) is 5.69 Å². The fourth-order valence-electron chi connectivity index (χ4n) is 5.41. The van der Waals surface area contributed by atoms with Crippen molar-refractivity contribution in [1.82, 2.24) is 19.9 Å². The number of anilines is 1. The van der Waals surface area contributed by atoms with Crippen molar-refractivity contribution in [2.24, 2.45) is 5.41 Å². The van der Waals surface area contributed by atoms with E-state index in [1.54, 1.807) is 19.2 Å². The van der Waals surface area contributed by atoms with E-state index in [-0.39, 0.29) is 25.1 Å². The Bertz CT molecular complexity index is 1330. The van der Waals surface area contributed by atoms with Crippen molar-refractivity contribution >= 4 is 22.8 Å². The number of aryl methyl sites for hydroxylation is 3. The predicted octanol–water partition coefficient (Wildman–Crippen LogP) is 6.05. The molecule has 2 amide bonds. The van der Waals surface area contributed by atoms with E-state index in [4.69, 9.17) is 0 Å². The van der Waals surface area contributed by atoms with Gasteiger partial charge < -0.3 is 10.2 Å². The smallest absolute Gasteiger partial charge is 0.321 e. The quantitative estimate of drug-likeness (QED) is 0.492. The van der Waals surface area contributed by atoms with Crippen LogP contribution in [0.15, 0.2) is 24.4 Å². The molecular weight excluding hydrogens is 455 g/mol. The summed E-state index contributed by atoms with van der Waals surface area (Å²) < 4.78 is 42.5. The standard InChI is InChI=1S/C26H28F3N5O/c1-4-22-30-12-17-10-19(16(3)31-23(17)33-22)18-11-21(20(27)9-15(18)2)32-24(35)34-8-7-25(14-34)5-6-26(28,29)13-25/h9-12H,4-8,13-14H2,1-3H3,(H,32,35). The van der Waals surface area contributed by atoms with Gasteiger partial charge in [-0.05, 0) is 61.4 Å². The first-order valence-electron chi connectivity index (χ1n) is 12.0.